The molecule has 0 aliphatic carbocycles. The van der Waals surface area contributed by atoms with Crippen LogP contribution in [0.1, 0.15) is 27.8 Å². The maximum Gasteiger partial charge on any atom is 0.416 e. The molecule has 34 heavy (non-hydrogen) atoms. The summed E-state index contributed by atoms with van der Waals surface area (Å²) in [4.78, 5) is 18.0. The van der Waals surface area contributed by atoms with Gasteiger partial charge >= 0.3 is 12.4 Å². The van der Waals surface area contributed by atoms with Crippen molar-refractivity contribution in [2.45, 2.75) is 32.4 Å². The number of nitrogens with zero attached hydrogens (tertiary/aromatic N) is 2. The molecule has 0 atom stereocenters. The third kappa shape index (κ3) is 4.85. The Kier molecular flexibility index (Phi) is 6.01. The molecule has 2 heterocycles. The van der Waals surface area contributed by atoms with E-state index in [4.69, 9.17) is 4.74 Å². The number of aromatic nitrogens is 1. The number of carbonyl (C=O) groups is 1. The summed E-state index contributed by atoms with van der Waals surface area (Å²) >= 11 is 0. The Morgan fingerprint density at radius 3 is 2.21 bits per heavy atom. The van der Waals surface area contributed by atoms with Crippen LogP contribution in [0.25, 0.3) is 11.1 Å². The number of amides is 1. The van der Waals surface area contributed by atoms with Crippen molar-refractivity contribution in [3.63, 3.8) is 0 Å². The molecule has 1 aromatic heterocycles. The third-order valence-electron chi connectivity index (χ3n) is 5.51. The van der Waals surface area contributed by atoms with E-state index >= 15 is 0 Å². The van der Waals surface area contributed by atoms with Gasteiger partial charge in [0.05, 0.1) is 17.7 Å². The molecule has 1 amide bonds. The maximum absolute atomic E-state index is 13.3. The molecule has 1 aliphatic rings. The molecule has 0 radical (unpaired) electrons. The zero-order valence-corrected chi connectivity index (χ0v) is 17.8. The van der Waals surface area contributed by atoms with Gasteiger partial charge < -0.3 is 9.64 Å². The van der Waals surface area contributed by atoms with Crippen LogP contribution in [0.4, 0.5) is 26.3 Å². The number of pyridine rings is 1. The largest absolute Gasteiger partial charge is 0.467 e. The minimum Gasteiger partial charge on any atom is -0.467 e. The van der Waals surface area contributed by atoms with Gasteiger partial charge in [0.25, 0.3) is 5.91 Å². The quantitative estimate of drug-likeness (QED) is 0.431. The molecular formula is C24H18F6N2O2. The van der Waals surface area contributed by atoms with E-state index in [0.29, 0.717) is 23.3 Å². The summed E-state index contributed by atoms with van der Waals surface area (Å²) in [6.45, 7) is 0.895. The van der Waals surface area contributed by atoms with Crippen LogP contribution < -0.4 is 4.74 Å². The first-order valence-electron chi connectivity index (χ1n) is 10.2. The van der Waals surface area contributed by atoms with Gasteiger partial charge in [-0.3, -0.25) is 4.79 Å². The average Bonchev–Trinajstić information content (AvgIpc) is 2.92. The Hall–Kier alpha value is -3.56. The lowest BCUT2D eigenvalue weighted by Crippen LogP contribution is -2.32. The van der Waals surface area contributed by atoms with Crippen molar-refractivity contribution < 1.29 is 35.9 Å². The molecule has 0 bridgehead atoms. The van der Waals surface area contributed by atoms with Gasteiger partial charge in [-0.2, -0.15) is 26.3 Å². The zero-order chi connectivity index (χ0) is 24.7. The standard InChI is InChI=1S/C24H18F6N2O2/c1-14-4-2-3-5-18(14)19-6-7-31-22-20(19)12-32(21(33)13-34-22)11-15-8-16(23(25,26)27)10-17(9-15)24(28,29)30/h2-10H,11-13H2,1H3. The van der Waals surface area contributed by atoms with Crippen molar-refractivity contribution in [3.05, 3.63) is 82.5 Å². The molecule has 3 aromatic rings. The van der Waals surface area contributed by atoms with Crippen molar-refractivity contribution in [1.29, 1.82) is 0 Å². The first-order chi connectivity index (χ1) is 15.9. The highest BCUT2D eigenvalue weighted by molar-refractivity contribution is 5.80. The van der Waals surface area contributed by atoms with E-state index in [0.717, 1.165) is 11.1 Å². The lowest BCUT2D eigenvalue weighted by Gasteiger charge is -2.23. The molecule has 0 N–H and O–H groups in total. The summed E-state index contributed by atoms with van der Waals surface area (Å²) in [5.74, 6) is -0.392. The topological polar surface area (TPSA) is 42.4 Å². The van der Waals surface area contributed by atoms with Gasteiger partial charge in [0.1, 0.15) is 0 Å². The van der Waals surface area contributed by atoms with Crippen molar-refractivity contribution in [2.75, 3.05) is 6.61 Å². The molecule has 2 aromatic carbocycles. The van der Waals surface area contributed by atoms with Crippen LogP contribution in [0.3, 0.4) is 0 Å². The Morgan fingerprint density at radius 1 is 0.941 bits per heavy atom. The molecule has 178 valence electrons. The number of hydrogen-bond donors (Lipinski definition) is 0. The van der Waals surface area contributed by atoms with Gasteiger partial charge in [-0.15, -0.1) is 0 Å². The fourth-order valence-electron chi connectivity index (χ4n) is 3.85. The number of halogens is 6. The average molecular weight is 480 g/mol. The van der Waals surface area contributed by atoms with E-state index in [1.54, 1.807) is 6.07 Å². The van der Waals surface area contributed by atoms with Gasteiger partial charge in [-0.25, -0.2) is 4.98 Å². The first kappa shape index (κ1) is 23.6. The minimum atomic E-state index is -4.98. The van der Waals surface area contributed by atoms with E-state index < -0.39 is 42.5 Å². The molecule has 0 saturated heterocycles. The number of rotatable bonds is 3. The number of alkyl halides is 6. The molecule has 0 unspecified atom stereocenters. The molecule has 4 rings (SSSR count). The number of aryl methyl sites for hydroxylation is 1. The summed E-state index contributed by atoms with van der Waals surface area (Å²) in [5.41, 5.74) is -0.144. The van der Waals surface area contributed by atoms with E-state index in [9.17, 15) is 31.1 Å². The van der Waals surface area contributed by atoms with Crippen LogP contribution in [-0.2, 0) is 30.2 Å². The fraction of sp³-hybridized carbons (Fsp3) is 0.250. The van der Waals surface area contributed by atoms with Crippen molar-refractivity contribution in [1.82, 2.24) is 9.88 Å². The molecular weight excluding hydrogens is 462 g/mol. The normalized spacial score (nSPS) is 14.4. The third-order valence-corrected chi connectivity index (χ3v) is 5.51. The molecule has 0 spiro atoms. The second-order valence-electron chi connectivity index (χ2n) is 7.91. The van der Waals surface area contributed by atoms with Crippen LogP contribution in [0, 0.1) is 6.92 Å². The first-order valence-corrected chi connectivity index (χ1v) is 10.2. The van der Waals surface area contributed by atoms with Gasteiger partial charge in [-0.1, -0.05) is 24.3 Å². The Labute approximate surface area is 190 Å². The Bertz CT molecular complexity index is 1200. The fourth-order valence-corrected chi connectivity index (χ4v) is 3.85. The van der Waals surface area contributed by atoms with E-state index in [1.165, 1.54) is 11.1 Å². The maximum atomic E-state index is 13.3. The smallest absolute Gasteiger partial charge is 0.416 e. The second kappa shape index (κ2) is 8.66. The number of ether oxygens (including phenoxy) is 1. The molecule has 0 saturated carbocycles. The van der Waals surface area contributed by atoms with Crippen molar-refractivity contribution >= 4 is 5.91 Å². The van der Waals surface area contributed by atoms with Crippen molar-refractivity contribution in [2.24, 2.45) is 0 Å². The highest BCUT2D eigenvalue weighted by Gasteiger charge is 2.37. The predicted molar refractivity (Wildman–Crippen MR) is 111 cm³/mol. The van der Waals surface area contributed by atoms with E-state index in [-0.39, 0.29) is 24.1 Å². The highest BCUT2D eigenvalue weighted by Crippen LogP contribution is 2.38. The van der Waals surface area contributed by atoms with Gasteiger partial charge in [0, 0.05) is 18.3 Å². The summed E-state index contributed by atoms with van der Waals surface area (Å²) in [6, 6.07) is 10.5. The molecule has 1 aliphatic heterocycles. The van der Waals surface area contributed by atoms with Crippen LogP contribution in [-0.4, -0.2) is 22.4 Å². The second-order valence-corrected chi connectivity index (χ2v) is 7.91. The van der Waals surface area contributed by atoms with Crippen LogP contribution in [0.15, 0.2) is 54.7 Å². The van der Waals surface area contributed by atoms with Gasteiger partial charge in [0.15, 0.2) is 6.61 Å². The summed E-state index contributed by atoms with van der Waals surface area (Å²) < 4.78 is 85.1. The highest BCUT2D eigenvalue weighted by atomic mass is 19.4. The van der Waals surface area contributed by atoms with Crippen LogP contribution in [0.2, 0.25) is 0 Å². The number of carbonyl (C=O) groups excluding carboxylic acids is 1. The summed E-state index contributed by atoms with van der Waals surface area (Å²) in [6.07, 6.45) is -8.43. The Balaban J connectivity index is 1.74. The SMILES string of the molecule is Cc1ccccc1-c1ccnc2c1CN(Cc1cc(C(F)(F)F)cc(C(F)(F)F)c1)C(=O)CO2. The molecule has 10 heteroatoms. The number of hydrogen-bond acceptors (Lipinski definition) is 3. The molecule has 0 fully saturated rings. The summed E-state index contributed by atoms with van der Waals surface area (Å²) in [5, 5.41) is 0. The van der Waals surface area contributed by atoms with Gasteiger partial charge in [0.2, 0.25) is 5.88 Å². The van der Waals surface area contributed by atoms with E-state index in [1.807, 2.05) is 31.2 Å². The van der Waals surface area contributed by atoms with Gasteiger partial charge in [-0.05, 0) is 53.4 Å². The lowest BCUT2D eigenvalue weighted by atomic mass is 9.97. The number of benzene rings is 2. The lowest BCUT2D eigenvalue weighted by molar-refractivity contribution is -0.143. The predicted octanol–water partition coefficient (Wildman–Crippen LogP) is 6.02. The van der Waals surface area contributed by atoms with Crippen LogP contribution in [0.5, 0.6) is 5.88 Å². The minimum absolute atomic E-state index is 0.0619. The van der Waals surface area contributed by atoms with Crippen LogP contribution >= 0.6 is 0 Å². The Morgan fingerprint density at radius 2 is 1.59 bits per heavy atom. The zero-order valence-electron chi connectivity index (χ0n) is 17.8. The van der Waals surface area contributed by atoms with E-state index in [2.05, 4.69) is 4.98 Å². The monoisotopic (exact) mass is 480 g/mol. The number of fused-ring (bicyclic) bond motifs is 1. The molecule has 4 nitrogen and oxygen atoms in total. The van der Waals surface area contributed by atoms with Crippen molar-refractivity contribution in [3.8, 4) is 17.0 Å². The summed E-state index contributed by atoms with van der Waals surface area (Å²) in [7, 11) is 0.